The predicted octanol–water partition coefficient (Wildman–Crippen LogP) is 2.81. The van der Waals surface area contributed by atoms with Gasteiger partial charge in [0.2, 0.25) is 10.0 Å². The second-order valence-electron chi connectivity index (χ2n) is 7.28. The number of thioether (sulfide) groups is 1. The molecule has 3 rings (SSSR count). The molecule has 2 fully saturated rings. The third kappa shape index (κ3) is 5.64. The minimum absolute atomic E-state index is 0.344. The number of rotatable bonds is 7. The molecule has 1 aromatic rings. The maximum atomic E-state index is 13.1. The van der Waals surface area contributed by atoms with Gasteiger partial charge in [-0.05, 0) is 50.0 Å². The molecule has 8 heteroatoms. The highest BCUT2D eigenvalue weighted by Crippen LogP contribution is 2.25. The molecule has 0 amide bonds. The quantitative estimate of drug-likeness (QED) is 0.520. The maximum absolute atomic E-state index is 13.1. The number of sulfonamides is 1. The molecule has 0 bridgehead atoms. The first-order valence-corrected chi connectivity index (χ1v) is 12.8. The van der Waals surface area contributed by atoms with E-state index in [0.717, 1.165) is 43.9 Å². The van der Waals surface area contributed by atoms with Crippen LogP contribution in [0.4, 0.5) is 0 Å². The highest BCUT2D eigenvalue weighted by molar-refractivity contribution is 8.00. The van der Waals surface area contributed by atoms with Gasteiger partial charge in [-0.1, -0.05) is 24.6 Å². The van der Waals surface area contributed by atoms with Crippen molar-refractivity contribution in [1.82, 2.24) is 14.9 Å². The van der Waals surface area contributed by atoms with E-state index in [1.54, 1.807) is 16.4 Å². The van der Waals surface area contributed by atoms with Gasteiger partial charge in [0.15, 0.2) is 5.96 Å². The average molecular weight is 425 g/mol. The van der Waals surface area contributed by atoms with Crippen molar-refractivity contribution in [3.8, 4) is 0 Å². The molecule has 2 saturated heterocycles. The van der Waals surface area contributed by atoms with Gasteiger partial charge in [0.1, 0.15) is 0 Å². The summed E-state index contributed by atoms with van der Waals surface area (Å²) in [5.41, 5.74) is 0.750. The third-order valence-corrected chi connectivity index (χ3v) is 8.58. The van der Waals surface area contributed by atoms with E-state index in [0.29, 0.717) is 29.8 Å². The Balaban J connectivity index is 1.72. The second kappa shape index (κ2) is 10.5. The van der Waals surface area contributed by atoms with Crippen molar-refractivity contribution in [3.63, 3.8) is 0 Å². The zero-order valence-corrected chi connectivity index (χ0v) is 18.3. The molecule has 1 atom stereocenters. The van der Waals surface area contributed by atoms with Crippen LogP contribution in [0.2, 0.25) is 0 Å². The number of guanidine groups is 1. The second-order valence-corrected chi connectivity index (χ2v) is 10.6. The summed E-state index contributed by atoms with van der Waals surface area (Å²) in [5, 5.41) is 7.32. The van der Waals surface area contributed by atoms with Crippen molar-refractivity contribution in [2.75, 3.05) is 31.9 Å². The van der Waals surface area contributed by atoms with E-state index >= 15 is 0 Å². The van der Waals surface area contributed by atoms with Crippen LogP contribution in [0.25, 0.3) is 0 Å². The Hall–Kier alpha value is -1.25. The van der Waals surface area contributed by atoms with E-state index in [2.05, 4.69) is 15.6 Å². The first-order chi connectivity index (χ1) is 13.6. The number of benzene rings is 1. The summed E-state index contributed by atoms with van der Waals surface area (Å²) in [6.45, 7) is 5.28. The van der Waals surface area contributed by atoms with Crippen LogP contribution in [-0.2, 0) is 16.6 Å². The highest BCUT2D eigenvalue weighted by Gasteiger charge is 2.27. The number of hydrogen-bond acceptors (Lipinski definition) is 4. The lowest BCUT2D eigenvalue weighted by atomic mass is 10.2. The van der Waals surface area contributed by atoms with Gasteiger partial charge in [0.05, 0.1) is 11.4 Å². The third-order valence-electron chi connectivity index (χ3n) is 5.18. The van der Waals surface area contributed by atoms with Gasteiger partial charge in [-0.15, -0.1) is 0 Å². The minimum Gasteiger partial charge on any atom is -0.357 e. The SMILES string of the molecule is CCNC(=NCc1ccccc1S(=O)(=O)N1CCCCC1)NCC1CCCS1. The molecule has 0 saturated carbocycles. The van der Waals surface area contributed by atoms with Gasteiger partial charge < -0.3 is 10.6 Å². The summed E-state index contributed by atoms with van der Waals surface area (Å²) >= 11 is 2.01. The van der Waals surface area contributed by atoms with Crippen molar-refractivity contribution in [2.45, 2.75) is 55.7 Å². The van der Waals surface area contributed by atoms with Gasteiger partial charge in [-0.3, -0.25) is 0 Å². The lowest BCUT2D eigenvalue weighted by Crippen LogP contribution is -2.40. The lowest BCUT2D eigenvalue weighted by molar-refractivity contribution is 0.346. The summed E-state index contributed by atoms with van der Waals surface area (Å²) in [4.78, 5) is 5.06. The van der Waals surface area contributed by atoms with Crippen LogP contribution in [0.3, 0.4) is 0 Å². The number of piperidine rings is 1. The Morgan fingerprint density at radius 2 is 1.96 bits per heavy atom. The van der Waals surface area contributed by atoms with Crippen LogP contribution in [0.5, 0.6) is 0 Å². The number of nitrogens with one attached hydrogen (secondary N) is 2. The van der Waals surface area contributed by atoms with E-state index < -0.39 is 10.0 Å². The average Bonchev–Trinajstić information content (AvgIpc) is 3.24. The standard InChI is InChI=1S/C20H32N4O2S2/c1-2-21-20(23-16-18-10-8-14-27-18)22-15-17-9-4-5-11-19(17)28(25,26)24-12-6-3-7-13-24/h4-5,9,11,18H,2-3,6-8,10,12-16H2,1H3,(H2,21,22,23). The van der Waals surface area contributed by atoms with E-state index in [1.807, 2.05) is 30.8 Å². The molecule has 0 aromatic heterocycles. The van der Waals surface area contributed by atoms with Crippen LogP contribution in [0.15, 0.2) is 34.2 Å². The van der Waals surface area contributed by atoms with E-state index in [9.17, 15) is 8.42 Å². The number of hydrogen-bond donors (Lipinski definition) is 2. The molecular weight excluding hydrogens is 392 g/mol. The first kappa shape index (κ1) is 21.5. The van der Waals surface area contributed by atoms with Gasteiger partial charge in [0.25, 0.3) is 0 Å². The summed E-state index contributed by atoms with van der Waals surface area (Å²) < 4.78 is 27.9. The van der Waals surface area contributed by atoms with Crippen LogP contribution < -0.4 is 10.6 Å². The molecule has 1 unspecified atom stereocenters. The highest BCUT2D eigenvalue weighted by atomic mass is 32.2. The Labute approximate surface area is 173 Å². The Bertz CT molecular complexity index is 755. The molecule has 1 aromatic carbocycles. The summed E-state index contributed by atoms with van der Waals surface area (Å²) in [5.74, 6) is 1.99. The van der Waals surface area contributed by atoms with E-state index in [-0.39, 0.29) is 0 Å². The minimum atomic E-state index is -3.46. The Kier molecular flexibility index (Phi) is 8.05. The van der Waals surface area contributed by atoms with E-state index in [4.69, 9.17) is 0 Å². The molecule has 2 aliphatic heterocycles. The number of aliphatic imine (C=N–C) groups is 1. The van der Waals surface area contributed by atoms with Crippen molar-refractivity contribution in [2.24, 2.45) is 4.99 Å². The van der Waals surface area contributed by atoms with Crippen molar-refractivity contribution in [1.29, 1.82) is 0 Å². The van der Waals surface area contributed by atoms with Crippen LogP contribution >= 0.6 is 11.8 Å². The van der Waals surface area contributed by atoms with Gasteiger partial charge >= 0.3 is 0 Å². The van der Waals surface area contributed by atoms with E-state index in [1.165, 1.54) is 18.6 Å². The fourth-order valence-electron chi connectivity index (χ4n) is 3.65. The fourth-order valence-corrected chi connectivity index (χ4v) is 6.58. The number of nitrogens with zero attached hydrogens (tertiary/aromatic N) is 2. The molecule has 6 nitrogen and oxygen atoms in total. The monoisotopic (exact) mass is 424 g/mol. The molecule has 2 N–H and O–H groups in total. The summed E-state index contributed by atoms with van der Waals surface area (Å²) in [6, 6.07) is 7.27. The zero-order valence-electron chi connectivity index (χ0n) is 16.7. The first-order valence-electron chi connectivity index (χ1n) is 10.3. The van der Waals surface area contributed by atoms with Crippen LogP contribution in [0, 0.1) is 0 Å². The molecular formula is C20H32N4O2S2. The molecule has 0 radical (unpaired) electrons. The van der Waals surface area contributed by atoms with Gasteiger partial charge in [-0.25, -0.2) is 13.4 Å². The summed E-state index contributed by atoms with van der Waals surface area (Å²) in [6.07, 6.45) is 5.51. The van der Waals surface area contributed by atoms with Gasteiger partial charge in [-0.2, -0.15) is 16.1 Å². The predicted molar refractivity (Wildman–Crippen MR) is 117 cm³/mol. The molecule has 2 aliphatic rings. The molecule has 0 spiro atoms. The van der Waals surface area contributed by atoms with Crippen LogP contribution in [-0.4, -0.2) is 55.9 Å². The maximum Gasteiger partial charge on any atom is 0.243 e. The van der Waals surface area contributed by atoms with Crippen molar-refractivity contribution >= 4 is 27.7 Å². The van der Waals surface area contributed by atoms with Crippen molar-refractivity contribution < 1.29 is 8.42 Å². The molecule has 0 aliphatic carbocycles. The molecule has 156 valence electrons. The zero-order chi connectivity index (χ0) is 19.8. The van der Waals surface area contributed by atoms with Crippen molar-refractivity contribution in [3.05, 3.63) is 29.8 Å². The smallest absolute Gasteiger partial charge is 0.243 e. The molecule has 28 heavy (non-hydrogen) atoms. The normalized spacial score (nSPS) is 21.6. The van der Waals surface area contributed by atoms with Crippen LogP contribution in [0.1, 0.15) is 44.6 Å². The molecule has 2 heterocycles. The Morgan fingerprint density at radius 1 is 1.18 bits per heavy atom. The largest absolute Gasteiger partial charge is 0.357 e. The van der Waals surface area contributed by atoms with Gasteiger partial charge in [0, 0.05) is 31.4 Å². The summed E-state index contributed by atoms with van der Waals surface area (Å²) in [7, 11) is -3.46. The fraction of sp³-hybridized carbons (Fsp3) is 0.650. The topological polar surface area (TPSA) is 73.8 Å². The Morgan fingerprint density at radius 3 is 2.68 bits per heavy atom. The lowest BCUT2D eigenvalue weighted by Gasteiger charge is -2.26.